The summed E-state index contributed by atoms with van der Waals surface area (Å²) in [6, 6.07) is 5.82. The maximum absolute atomic E-state index is 13.2. The van der Waals surface area contributed by atoms with Crippen LogP contribution in [0, 0.1) is 6.92 Å². The van der Waals surface area contributed by atoms with Crippen molar-refractivity contribution in [3.8, 4) is 10.6 Å². The zero-order chi connectivity index (χ0) is 16.6. The lowest BCUT2D eigenvalue weighted by molar-refractivity contribution is 0.0747. The van der Waals surface area contributed by atoms with Crippen LogP contribution in [0.1, 0.15) is 35.1 Å². The van der Waals surface area contributed by atoms with Crippen LogP contribution >= 0.6 is 11.3 Å². The third-order valence-electron chi connectivity index (χ3n) is 4.32. The molecule has 0 atom stereocenters. The van der Waals surface area contributed by atoms with E-state index in [1.807, 2.05) is 41.8 Å². The topological polar surface area (TPSA) is 38.1 Å². The van der Waals surface area contributed by atoms with Gasteiger partial charge in [-0.15, -0.1) is 11.3 Å². The van der Waals surface area contributed by atoms with Crippen LogP contribution < -0.4 is 0 Å². The van der Waals surface area contributed by atoms with E-state index in [2.05, 4.69) is 5.10 Å². The van der Waals surface area contributed by atoms with Crippen molar-refractivity contribution >= 4 is 17.2 Å². The lowest BCUT2D eigenvalue weighted by Crippen LogP contribution is -2.36. The third-order valence-corrected chi connectivity index (χ3v) is 5.42. The summed E-state index contributed by atoms with van der Waals surface area (Å²) < 4.78 is 15.1. The molecule has 2 aromatic rings. The number of rotatable bonds is 2. The second-order valence-electron chi connectivity index (χ2n) is 5.89. The van der Waals surface area contributed by atoms with Crippen molar-refractivity contribution < 1.29 is 9.18 Å². The second-order valence-corrected chi connectivity index (χ2v) is 6.97. The summed E-state index contributed by atoms with van der Waals surface area (Å²) in [6.45, 7) is 4.67. The molecule has 0 aliphatic carbocycles. The van der Waals surface area contributed by atoms with Crippen LogP contribution in [-0.4, -0.2) is 33.7 Å². The minimum Gasteiger partial charge on any atom is -0.337 e. The van der Waals surface area contributed by atoms with Crippen LogP contribution in [-0.2, 0) is 7.05 Å². The van der Waals surface area contributed by atoms with E-state index in [0.29, 0.717) is 30.8 Å². The number of carbonyl (C=O) groups excluding carboxylic acids is 1. The molecule has 3 heterocycles. The molecule has 1 fully saturated rings. The zero-order valence-electron chi connectivity index (χ0n) is 13.6. The molecule has 2 aromatic heterocycles. The largest absolute Gasteiger partial charge is 0.337 e. The molecule has 0 bridgehead atoms. The van der Waals surface area contributed by atoms with Crippen LogP contribution in [0.2, 0.25) is 0 Å². The molecule has 0 radical (unpaired) electrons. The summed E-state index contributed by atoms with van der Waals surface area (Å²) in [7, 11) is 1.91. The van der Waals surface area contributed by atoms with Crippen LogP contribution in [0.5, 0.6) is 0 Å². The van der Waals surface area contributed by atoms with Gasteiger partial charge in [0.05, 0.1) is 15.6 Å². The summed E-state index contributed by atoms with van der Waals surface area (Å²) in [4.78, 5) is 16.1. The number of hydrogen-bond donors (Lipinski definition) is 0. The summed E-state index contributed by atoms with van der Waals surface area (Å²) in [5.41, 5.74) is 2.81. The first kappa shape index (κ1) is 15.9. The predicted molar refractivity (Wildman–Crippen MR) is 90.2 cm³/mol. The zero-order valence-corrected chi connectivity index (χ0v) is 14.4. The Bertz CT molecular complexity index is 741. The minimum absolute atomic E-state index is 0.0319. The van der Waals surface area contributed by atoms with Gasteiger partial charge in [0.25, 0.3) is 5.91 Å². The van der Waals surface area contributed by atoms with Crippen LogP contribution in [0.3, 0.4) is 0 Å². The average molecular weight is 333 g/mol. The highest BCUT2D eigenvalue weighted by Gasteiger charge is 2.23. The molecule has 6 heteroatoms. The highest BCUT2D eigenvalue weighted by molar-refractivity contribution is 7.17. The predicted octanol–water partition coefficient (Wildman–Crippen LogP) is 3.94. The van der Waals surface area contributed by atoms with E-state index in [-0.39, 0.29) is 11.7 Å². The molecule has 4 nitrogen and oxygen atoms in total. The Balaban J connectivity index is 1.73. The number of piperidine rings is 1. The Morgan fingerprint density at radius 2 is 2.00 bits per heavy atom. The van der Waals surface area contributed by atoms with E-state index >= 15 is 0 Å². The highest BCUT2D eigenvalue weighted by Crippen LogP contribution is 2.29. The van der Waals surface area contributed by atoms with E-state index in [1.165, 1.54) is 18.3 Å². The van der Waals surface area contributed by atoms with Gasteiger partial charge in [0.1, 0.15) is 5.69 Å². The molecule has 3 rings (SSSR count). The third kappa shape index (κ3) is 3.22. The maximum atomic E-state index is 13.2. The first-order valence-corrected chi connectivity index (χ1v) is 8.51. The molecule has 0 aromatic carbocycles. The van der Waals surface area contributed by atoms with Crippen LogP contribution in [0.4, 0.5) is 4.39 Å². The monoisotopic (exact) mass is 333 g/mol. The van der Waals surface area contributed by atoms with Gasteiger partial charge < -0.3 is 4.90 Å². The number of allylic oxidation sites excluding steroid dienone is 1. The normalized spacial score (nSPS) is 15.1. The number of hydrogen-bond acceptors (Lipinski definition) is 3. The fraction of sp³-hybridized carbons (Fsp3) is 0.412. The quantitative estimate of drug-likeness (QED) is 0.835. The Labute approximate surface area is 139 Å². The molecular formula is C17H20FN3OS. The van der Waals surface area contributed by atoms with Crippen molar-refractivity contribution in [3.05, 3.63) is 40.2 Å². The average Bonchev–Trinajstić information content (AvgIpc) is 3.14. The minimum atomic E-state index is -0.0963. The number of thiophene rings is 1. The van der Waals surface area contributed by atoms with Gasteiger partial charge in [-0.05, 0) is 50.5 Å². The van der Waals surface area contributed by atoms with E-state index < -0.39 is 0 Å². The summed E-state index contributed by atoms with van der Waals surface area (Å²) in [6.07, 6.45) is 1.26. The number of nitrogens with zero attached hydrogens (tertiary/aromatic N) is 3. The van der Waals surface area contributed by atoms with Gasteiger partial charge in [-0.25, -0.2) is 4.39 Å². The Morgan fingerprint density at radius 1 is 1.30 bits per heavy atom. The smallest absolute Gasteiger partial charge is 0.263 e. The van der Waals surface area contributed by atoms with Gasteiger partial charge in [0, 0.05) is 25.8 Å². The first-order valence-electron chi connectivity index (χ1n) is 7.70. The molecule has 1 amide bonds. The number of halogens is 1. The molecule has 0 spiro atoms. The number of aryl methyl sites for hydroxylation is 2. The lowest BCUT2D eigenvalue weighted by Gasteiger charge is -2.28. The molecule has 0 saturated carbocycles. The van der Waals surface area contributed by atoms with E-state index in [0.717, 1.165) is 21.8 Å². The lowest BCUT2D eigenvalue weighted by atomic mass is 10.0. The van der Waals surface area contributed by atoms with E-state index in [9.17, 15) is 9.18 Å². The highest BCUT2D eigenvalue weighted by atomic mass is 32.1. The SMILES string of the molecule is CC(F)=C1CCN(C(=O)c2ccc(-c3cc(C)n(C)n3)s2)CC1. The van der Waals surface area contributed by atoms with Gasteiger partial charge in [0.15, 0.2) is 0 Å². The standard InChI is InChI=1S/C17H20FN3OS/c1-11-10-14(19-20(11)3)15-4-5-16(23-15)17(22)21-8-6-13(7-9-21)12(2)18/h4-5,10H,6-9H2,1-3H3. The molecular weight excluding hydrogens is 313 g/mol. The number of aromatic nitrogens is 2. The Morgan fingerprint density at radius 3 is 2.57 bits per heavy atom. The van der Waals surface area contributed by atoms with Crippen molar-refractivity contribution in [1.82, 2.24) is 14.7 Å². The first-order chi connectivity index (χ1) is 11.0. The maximum Gasteiger partial charge on any atom is 0.263 e. The van der Waals surface area contributed by atoms with Crippen molar-refractivity contribution in [3.63, 3.8) is 0 Å². The van der Waals surface area contributed by atoms with Gasteiger partial charge >= 0.3 is 0 Å². The Kier molecular flexibility index (Phi) is 4.35. The molecule has 23 heavy (non-hydrogen) atoms. The molecule has 122 valence electrons. The van der Waals surface area contributed by atoms with Gasteiger partial charge in [-0.3, -0.25) is 9.48 Å². The van der Waals surface area contributed by atoms with Crippen LogP contribution in [0.15, 0.2) is 29.6 Å². The van der Waals surface area contributed by atoms with Crippen molar-refractivity contribution in [2.75, 3.05) is 13.1 Å². The second kappa shape index (κ2) is 6.28. The molecule has 1 saturated heterocycles. The summed E-state index contributed by atoms with van der Waals surface area (Å²) in [5, 5.41) is 4.45. The van der Waals surface area contributed by atoms with Crippen molar-refractivity contribution in [1.29, 1.82) is 0 Å². The van der Waals surface area contributed by atoms with E-state index in [4.69, 9.17) is 0 Å². The molecule has 1 aliphatic heterocycles. The summed E-state index contributed by atoms with van der Waals surface area (Å²) in [5.74, 6) is -0.0644. The van der Waals surface area contributed by atoms with E-state index in [1.54, 1.807) is 0 Å². The van der Waals surface area contributed by atoms with Gasteiger partial charge in [0.2, 0.25) is 0 Å². The molecule has 0 unspecified atom stereocenters. The number of amides is 1. The van der Waals surface area contributed by atoms with Gasteiger partial charge in [-0.1, -0.05) is 0 Å². The van der Waals surface area contributed by atoms with Crippen molar-refractivity contribution in [2.24, 2.45) is 7.05 Å². The Hall–Kier alpha value is -1.95. The molecule has 1 aliphatic rings. The van der Waals surface area contributed by atoms with Gasteiger partial charge in [-0.2, -0.15) is 5.10 Å². The number of likely N-dealkylation sites (tertiary alicyclic amines) is 1. The fourth-order valence-corrected chi connectivity index (χ4v) is 3.68. The summed E-state index contributed by atoms with van der Waals surface area (Å²) >= 11 is 1.46. The molecule has 0 N–H and O–H groups in total. The van der Waals surface area contributed by atoms with Crippen molar-refractivity contribution in [2.45, 2.75) is 26.7 Å². The number of carbonyl (C=O) groups is 1. The fourth-order valence-electron chi connectivity index (χ4n) is 2.75. The van der Waals surface area contributed by atoms with Crippen LogP contribution in [0.25, 0.3) is 10.6 Å².